The SMILES string of the molecule is C/C=C\SCC/C=C1/C(=O)N(Cc2ccccc2OC)C(C)(C=O)CN1N. The lowest BCUT2D eigenvalue weighted by molar-refractivity contribution is -0.146. The number of amides is 1. The van der Waals surface area contributed by atoms with Crippen molar-refractivity contribution in [2.75, 3.05) is 19.4 Å². The summed E-state index contributed by atoms with van der Waals surface area (Å²) in [6.07, 6.45) is 5.32. The number of rotatable bonds is 8. The maximum absolute atomic E-state index is 13.1. The smallest absolute Gasteiger partial charge is 0.272 e. The van der Waals surface area contributed by atoms with Crippen LogP contribution in [0, 0.1) is 0 Å². The van der Waals surface area contributed by atoms with E-state index >= 15 is 0 Å². The predicted molar refractivity (Wildman–Crippen MR) is 109 cm³/mol. The number of ether oxygens (including phenoxy) is 1. The maximum atomic E-state index is 13.1. The highest BCUT2D eigenvalue weighted by Gasteiger charge is 2.44. The van der Waals surface area contributed by atoms with Gasteiger partial charge < -0.3 is 19.4 Å². The molecule has 7 heteroatoms. The van der Waals surface area contributed by atoms with Crippen LogP contribution in [0.3, 0.4) is 0 Å². The fourth-order valence-corrected chi connectivity index (χ4v) is 3.58. The zero-order chi connectivity index (χ0) is 19.9. The first-order valence-electron chi connectivity index (χ1n) is 8.82. The summed E-state index contributed by atoms with van der Waals surface area (Å²) in [6.45, 7) is 4.21. The Hall–Kier alpha value is -2.25. The summed E-state index contributed by atoms with van der Waals surface area (Å²) in [4.78, 5) is 26.6. The Morgan fingerprint density at radius 2 is 2.11 bits per heavy atom. The second kappa shape index (κ2) is 9.62. The van der Waals surface area contributed by atoms with Gasteiger partial charge in [0.05, 0.1) is 20.2 Å². The van der Waals surface area contributed by atoms with Crippen molar-refractivity contribution in [2.24, 2.45) is 5.84 Å². The lowest BCUT2D eigenvalue weighted by atomic mass is 9.96. The number of allylic oxidation sites excluding steroid dienone is 2. The van der Waals surface area contributed by atoms with Crippen molar-refractivity contribution < 1.29 is 14.3 Å². The summed E-state index contributed by atoms with van der Waals surface area (Å²) < 4.78 is 5.39. The maximum Gasteiger partial charge on any atom is 0.272 e. The molecular formula is C20H27N3O3S. The Morgan fingerprint density at radius 1 is 1.37 bits per heavy atom. The molecule has 1 amide bonds. The molecule has 1 saturated heterocycles. The van der Waals surface area contributed by atoms with E-state index in [2.05, 4.69) is 0 Å². The summed E-state index contributed by atoms with van der Waals surface area (Å²) in [6, 6.07) is 7.49. The van der Waals surface area contributed by atoms with Crippen LogP contribution >= 0.6 is 11.8 Å². The van der Waals surface area contributed by atoms with Crippen LogP contribution in [0.1, 0.15) is 25.8 Å². The third-order valence-corrected chi connectivity index (χ3v) is 5.40. The number of para-hydroxylation sites is 1. The third-order valence-electron chi connectivity index (χ3n) is 4.46. The topological polar surface area (TPSA) is 75.9 Å². The standard InChI is InChI=1S/C20H27N3O3S/c1-4-11-27-12-7-9-17-19(25)22(20(2,15-24)14-23(17)21)13-16-8-5-6-10-18(16)26-3/h4-6,8-11,15H,7,12-14,21H2,1-3H3/b11-4-,17-9-. The summed E-state index contributed by atoms with van der Waals surface area (Å²) in [7, 11) is 1.59. The van der Waals surface area contributed by atoms with Crippen LogP contribution in [0.4, 0.5) is 0 Å². The van der Waals surface area contributed by atoms with Crippen LogP contribution in [0.5, 0.6) is 5.75 Å². The van der Waals surface area contributed by atoms with Gasteiger partial charge in [0.2, 0.25) is 0 Å². The number of piperazine rings is 1. The quantitative estimate of drug-likeness (QED) is 0.319. The van der Waals surface area contributed by atoms with Crippen molar-refractivity contribution in [3.8, 4) is 5.75 Å². The number of carbonyl (C=O) groups is 2. The van der Waals surface area contributed by atoms with E-state index in [4.69, 9.17) is 10.6 Å². The molecule has 1 fully saturated rings. The molecule has 1 atom stereocenters. The van der Waals surface area contributed by atoms with Crippen molar-refractivity contribution in [2.45, 2.75) is 32.4 Å². The number of carbonyl (C=O) groups excluding carboxylic acids is 2. The van der Waals surface area contributed by atoms with E-state index in [1.807, 2.05) is 48.7 Å². The number of aldehydes is 1. The predicted octanol–water partition coefficient (Wildman–Crippen LogP) is 2.71. The molecule has 2 rings (SSSR count). The number of benzene rings is 1. The van der Waals surface area contributed by atoms with Crippen molar-refractivity contribution in [1.82, 2.24) is 9.91 Å². The third kappa shape index (κ3) is 4.93. The minimum absolute atomic E-state index is 0.241. The van der Waals surface area contributed by atoms with Crippen LogP contribution in [0.25, 0.3) is 0 Å². The molecule has 0 bridgehead atoms. The van der Waals surface area contributed by atoms with Gasteiger partial charge in [0.15, 0.2) is 0 Å². The van der Waals surface area contributed by atoms with E-state index in [1.165, 1.54) is 5.01 Å². The van der Waals surface area contributed by atoms with E-state index in [0.717, 1.165) is 17.6 Å². The van der Waals surface area contributed by atoms with Crippen LogP contribution in [0.2, 0.25) is 0 Å². The molecule has 6 nitrogen and oxygen atoms in total. The minimum Gasteiger partial charge on any atom is -0.496 e. The van der Waals surface area contributed by atoms with E-state index in [1.54, 1.807) is 30.7 Å². The molecule has 2 N–H and O–H groups in total. The molecule has 0 aliphatic carbocycles. The Morgan fingerprint density at radius 3 is 2.78 bits per heavy atom. The molecule has 0 radical (unpaired) electrons. The van der Waals surface area contributed by atoms with Gasteiger partial charge in [0, 0.05) is 11.3 Å². The normalized spacial score (nSPS) is 21.9. The van der Waals surface area contributed by atoms with Gasteiger partial charge in [-0.25, -0.2) is 5.84 Å². The van der Waals surface area contributed by atoms with Crippen LogP contribution in [0.15, 0.2) is 47.5 Å². The first-order valence-corrected chi connectivity index (χ1v) is 9.87. The molecule has 146 valence electrons. The highest BCUT2D eigenvalue weighted by Crippen LogP contribution is 2.29. The summed E-state index contributed by atoms with van der Waals surface area (Å²) >= 11 is 1.67. The Labute approximate surface area is 165 Å². The molecule has 1 aromatic rings. The summed E-state index contributed by atoms with van der Waals surface area (Å²) in [5, 5.41) is 3.40. The number of hydrogen-bond acceptors (Lipinski definition) is 6. The number of nitrogens with zero attached hydrogens (tertiary/aromatic N) is 2. The number of nitrogens with two attached hydrogens (primary N) is 1. The van der Waals surface area contributed by atoms with Crippen molar-refractivity contribution in [3.05, 3.63) is 53.1 Å². The fourth-order valence-electron chi connectivity index (χ4n) is 3.00. The Bertz CT molecular complexity index is 735. The van der Waals surface area contributed by atoms with Gasteiger partial charge in [0.1, 0.15) is 23.3 Å². The molecule has 1 aliphatic heterocycles. The molecule has 0 aromatic heterocycles. The molecule has 27 heavy (non-hydrogen) atoms. The highest BCUT2D eigenvalue weighted by atomic mass is 32.2. The van der Waals surface area contributed by atoms with E-state index in [-0.39, 0.29) is 19.0 Å². The molecule has 1 heterocycles. The zero-order valence-electron chi connectivity index (χ0n) is 16.1. The molecule has 0 saturated carbocycles. The van der Waals surface area contributed by atoms with Crippen LogP contribution < -0.4 is 10.6 Å². The average molecular weight is 390 g/mol. The van der Waals surface area contributed by atoms with E-state index in [9.17, 15) is 9.59 Å². The van der Waals surface area contributed by atoms with E-state index in [0.29, 0.717) is 17.9 Å². The first-order chi connectivity index (χ1) is 13.0. The van der Waals surface area contributed by atoms with Gasteiger partial charge >= 0.3 is 0 Å². The minimum atomic E-state index is -1.01. The lowest BCUT2D eigenvalue weighted by Gasteiger charge is -2.45. The second-order valence-electron chi connectivity index (χ2n) is 6.52. The highest BCUT2D eigenvalue weighted by molar-refractivity contribution is 8.02. The van der Waals surface area contributed by atoms with Gasteiger partial charge in [-0.2, -0.15) is 0 Å². The fraction of sp³-hybridized carbons (Fsp3) is 0.400. The van der Waals surface area contributed by atoms with Crippen molar-refractivity contribution in [3.63, 3.8) is 0 Å². The lowest BCUT2D eigenvalue weighted by Crippen LogP contribution is -2.64. The number of methoxy groups -OCH3 is 1. The largest absolute Gasteiger partial charge is 0.496 e. The van der Waals surface area contributed by atoms with Crippen molar-refractivity contribution >= 4 is 24.0 Å². The first kappa shape index (κ1) is 21.1. The second-order valence-corrected chi connectivity index (χ2v) is 7.54. The van der Waals surface area contributed by atoms with Crippen LogP contribution in [-0.4, -0.2) is 47.0 Å². The van der Waals surface area contributed by atoms with Gasteiger partial charge in [-0.3, -0.25) is 4.79 Å². The average Bonchev–Trinajstić information content (AvgIpc) is 2.67. The van der Waals surface area contributed by atoms with Gasteiger partial charge in [-0.05, 0) is 31.7 Å². The van der Waals surface area contributed by atoms with E-state index < -0.39 is 5.54 Å². The molecule has 1 aliphatic rings. The van der Waals surface area contributed by atoms with Gasteiger partial charge in [-0.1, -0.05) is 30.4 Å². The Kier molecular flexibility index (Phi) is 7.50. The molecule has 1 unspecified atom stereocenters. The Balaban J connectivity index is 2.27. The van der Waals surface area contributed by atoms with Crippen LogP contribution in [-0.2, 0) is 16.1 Å². The summed E-state index contributed by atoms with van der Waals surface area (Å²) in [5.41, 5.74) is 0.254. The summed E-state index contributed by atoms with van der Waals surface area (Å²) in [5.74, 6) is 7.37. The molecular weight excluding hydrogens is 362 g/mol. The molecule has 0 spiro atoms. The number of hydrogen-bond donors (Lipinski definition) is 1. The molecule has 1 aromatic carbocycles. The van der Waals surface area contributed by atoms with Gasteiger partial charge in [0.25, 0.3) is 5.91 Å². The van der Waals surface area contributed by atoms with Gasteiger partial charge in [-0.15, -0.1) is 11.8 Å². The monoisotopic (exact) mass is 389 g/mol. The zero-order valence-corrected chi connectivity index (χ0v) is 16.9. The van der Waals surface area contributed by atoms with Crippen molar-refractivity contribution in [1.29, 1.82) is 0 Å². The number of hydrazine groups is 1. The number of thioether (sulfide) groups is 1.